The SMILES string of the molecule is COc1ccc(Cc2nnc(Cc3c[nH]c4ccccc34)n2CCCc2cnc[nH]2)cc1. The average Bonchev–Trinajstić information content (AvgIpc) is 3.57. The first-order valence-electron chi connectivity index (χ1n) is 10.9. The highest BCUT2D eigenvalue weighted by Crippen LogP contribution is 2.22. The molecule has 0 unspecified atom stereocenters. The lowest BCUT2D eigenvalue weighted by molar-refractivity contribution is 0.414. The number of imidazole rings is 1. The molecule has 0 bridgehead atoms. The fourth-order valence-electron chi connectivity index (χ4n) is 4.12. The Kier molecular flexibility index (Phi) is 5.70. The maximum Gasteiger partial charge on any atom is 0.137 e. The number of aryl methyl sites for hydroxylation is 1. The molecule has 0 radical (unpaired) electrons. The summed E-state index contributed by atoms with van der Waals surface area (Å²) >= 11 is 0. The largest absolute Gasteiger partial charge is 0.497 e. The van der Waals surface area contributed by atoms with Gasteiger partial charge in [0.25, 0.3) is 0 Å². The smallest absolute Gasteiger partial charge is 0.137 e. The Bertz CT molecular complexity index is 1280. The zero-order valence-corrected chi connectivity index (χ0v) is 18.1. The van der Waals surface area contributed by atoms with E-state index in [4.69, 9.17) is 4.74 Å². The van der Waals surface area contributed by atoms with Crippen LogP contribution in [0.15, 0.2) is 67.3 Å². The standard InChI is InChI=1S/C25H26N6O/c1-32-21-10-8-18(9-11-21)13-24-29-30-25(31(24)12-4-5-20-16-26-17-28-20)14-19-15-27-23-7-3-2-6-22(19)23/h2-3,6-11,15-17,27H,4-5,12-14H2,1H3,(H,26,28). The number of ether oxygens (including phenoxy) is 1. The molecular formula is C25H26N6O. The van der Waals surface area contributed by atoms with Gasteiger partial charge in [-0.2, -0.15) is 0 Å². The van der Waals surface area contributed by atoms with Crippen LogP contribution in [0.2, 0.25) is 0 Å². The third kappa shape index (κ3) is 4.27. The Hall–Kier alpha value is -3.87. The van der Waals surface area contributed by atoms with Crippen LogP contribution in [0.25, 0.3) is 10.9 Å². The summed E-state index contributed by atoms with van der Waals surface area (Å²) in [6, 6.07) is 16.5. The Morgan fingerprint density at radius 1 is 0.938 bits per heavy atom. The molecule has 2 N–H and O–H groups in total. The van der Waals surface area contributed by atoms with E-state index < -0.39 is 0 Å². The van der Waals surface area contributed by atoms with E-state index in [1.54, 1.807) is 13.4 Å². The monoisotopic (exact) mass is 426 g/mol. The number of hydrogen-bond donors (Lipinski definition) is 2. The minimum Gasteiger partial charge on any atom is -0.497 e. The Morgan fingerprint density at radius 2 is 1.75 bits per heavy atom. The number of hydrogen-bond acceptors (Lipinski definition) is 4. The lowest BCUT2D eigenvalue weighted by atomic mass is 10.1. The zero-order chi connectivity index (χ0) is 21.8. The van der Waals surface area contributed by atoms with Gasteiger partial charge < -0.3 is 19.3 Å². The summed E-state index contributed by atoms with van der Waals surface area (Å²) in [7, 11) is 1.68. The molecule has 7 heteroatoms. The van der Waals surface area contributed by atoms with Crippen LogP contribution in [-0.2, 0) is 25.8 Å². The van der Waals surface area contributed by atoms with Gasteiger partial charge in [0.15, 0.2) is 0 Å². The second kappa shape index (κ2) is 9.09. The van der Waals surface area contributed by atoms with E-state index in [9.17, 15) is 0 Å². The van der Waals surface area contributed by atoms with Crippen LogP contribution in [0.1, 0.15) is 34.9 Å². The summed E-state index contributed by atoms with van der Waals surface area (Å²) in [4.78, 5) is 10.7. The van der Waals surface area contributed by atoms with Gasteiger partial charge in [-0.15, -0.1) is 10.2 Å². The molecular weight excluding hydrogens is 400 g/mol. The number of benzene rings is 2. The van der Waals surface area contributed by atoms with Crippen molar-refractivity contribution >= 4 is 10.9 Å². The van der Waals surface area contributed by atoms with Crippen LogP contribution in [0.3, 0.4) is 0 Å². The average molecular weight is 427 g/mol. The van der Waals surface area contributed by atoms with Crippen molar-refractivity contribution in [1.29, 1.82) is 0 Å². The normalized spacial score (nSPS) is 11.3. The molecule has 0 saturated heterocycles. The number of rotatable bonds is 9. The Balaban J connectivity index is 1.40. The minimum atomic E-state index is 0.731. The number of para-hydroxylation sites is 1. The molecule has 0 aliphatic heterocycles. The molecule has 2 aromatic carbocycles. The molecule has 7 nitrogen and oxygen atoms in total. The van der Waals surface area contributed by atoms with Gasteiger partial charge >= 0.3 is 0 Å². The van der Waals surface area contributed by atoms with Gasteiger partial charge in [-0.1, -0.05) is 30.3 Å². The highest BCUT2D eigenvalue weighted by atomic mass is 16.5. The van der Waals surface area contributed by atoms with Crippen LogP contribution in [0.4, 0.5) is 0 Å². The molecule has 5 rings (SSSR count). The van der Waals surface area contributed by atoms with Crippen LogP contribution < -0.4 is 4.74 Å². The molecule has 162 valence electrons. The molecule has 0 aliphatic carbocycles. The quantitative estimate of drug-likeness (QED) is 0.368. The molecule has 3 aromatic heterocycles. The molecule has 3 heterocycles. The molecule has 0 fully saturated rings. The topological polar surface area (TPSA) is 84.4 Å². The van der Waals surface area contributed by atoms with Crippen molar-refractivity contribution in [3.05, 3.63) is 95.7 Å². The van der Waals surface area contributed by atoms with Crippen molar-refractivity contribution in [2.75, 3.05) is 7.11 Å². The summed E-state index contributed by atoms with van der Waals surface area (Å²) in [5.41, 5.74) is 4.71. The molecule has 0 aliphatic rings. The Labute approximate surface area is 186 Å². The Morgan fingerprint density at radius 3 is 2.53 bits per heavy atom. The van der Waals surface area contributed by atoms with Crippen LogP contribution in [0.5, 0.6) is 5.75 Å². The fourth-order valence-corrected chi connectivity index (χ4v) is 4.12. The maximum atomic E-state index is 5.29. The summed E-state index contributed by atoms with van der Waals surface area (Å²) in [6.07, 6.45) is 9.09. The van der Waals surface area contributed by atoms with Gasteiger partial charge in [-0.05, 0) is 42.2 Å². The van der Waals surface area contributed by atoms with E-state index in [-0.39, 0.29) is 0 Å². The van der Waals surface area contributed by atoms with E-state index in [0.29, 0.717) is 0 Å². The third-order valence-electron chi connectivity index (χ3n) is 5.83. The van der Waals surface area contributed by atoms with Crippen molar-refractivity contribution in [1.82, 2.24) is 29.7 Å². The number of aromatic nitrogens is 6. The van der Waals surface area contributed by atoms with Crippen molar-refractivity contribution < 1.29 is 4.74 Å². The number of fused-ring (bicyclic) bond motifs is 1. The summed E-state index contributed by atoms with van der Waals surface area (Å²) in [5, 5.41) is 10.4. The summed E-state index contributed by atoms with van der Waals surface area (Å²) in [6.45, 7) is 0.856. The predicted molar refractivity (Wildman–Crippen MR) is 124 cm³/mol. The number of H-pyrrole nitrogens is 2. The van der Waals surface area contributed by atoms with Gasteiger partial charge in [0.1, 0.15) is 17.4 Å². The first kappa shape index (κ1) is 20.1. The molecule has 0 saturated carbocycles. The van der Waals surface area contributed by atoms with Crippen molar-refractivity contribution in [3.63, 3.8) is 0 Å². The van der Waals surface area contributed by atoms with Crippen LogP contribution >= 0.6 is 0 Å². The van der Waals surface area contributed by atoms with Crippen molar-refractivity contribution in [3.8, 4) is 5.75 Å². The fraction of sp³-hybridized carbons (Fsp3) is 0.240. The zero-order valence-electron chi connectivity index (χ0n) is 18.1. The molecule has 32 heavy (non-hydrogen) atoms. The number of methoxy groups -OCH3 is 1. The first-order valence-corrected chi connectivity index (χ1v) is 10.9. The van der Waals surface area contributed by atoms with Crippen molar-refractivity contribution in [2.45, 2.75) is 32.2 Å². The highest BCUT2D eigenvalue weighted by Gasteiger charge is 2.15. The van der Waals surface area contributed by atoms with Crippen LogP contribution in [0, 0.1) is 0 Å². The molecule has 0 spiro atoms. The summed E-state index contributed by atoms with van der Waals surface area (Å²) < 4.78 is 7.57. The lowest BCUT2D eigenvalue weighted by Crippen LogP contribution is -2.10. The first-order chi connectivity index (χ1) is 15.8. The number of nitrogens with zero attached hydrogens (tertiary/aromatic N) is 4. The predicted octanol–water partition coefficient (Wildman–Crippen LogP) is 4.31. The maximum absolute atomic E-state index is 5.29. The minimum absolute atomic E-state index is 0.731. The molecule has 0 amide bonds. The van der Waals surface area contributed by atoms with Gasteiger partial charge in [0, 0.05) is 48.4 Å². The second-order valence-corrected chi connectivity index (χ2v) is 7.93. The van der Waals surface area contributed by atoms with Gasteiger partial charge in [-0.25, -0.2) is 4.98 Å². The van der Waals surface area contributed by atoms with Gasteiger partial charge in [0.2, 0.25) is 0 Å². The molecule has 5 aromatic rings. The lowest BCUT2D eigenvalue weighted by Gasteiger charge is -2.11. The van der Waals surface area contributed by atoms with Gasteiger partial charge in [-0.3, -0.25) is 0 Å². The highest BCUT2D eigenvalue weighted by molar-refractivity contribution is 5.83. The molecule has 0 atom stereocenters. The van der Waals surface area contributed by atoms with E-state index in [0.717, 1.165) is 60.8 Å². The van der Waals surface area contributed by atoms with Crippen molar-refractivity contribution in [2.24, 2.45) is 0 Å². The second-order valence-electron chi connectivity index (χ2n) is 7.93. The number of nitrogens with one attached hydrogen (secondary N) is 2. The van der Waals surface area contributed by atoms with E-state index in [1.165, 1.54) is 16.5 Å². The van der Waals surface area contributed by atoms with Crippen LogP contribution in [-0.4, -0.2) is 36.8 Å². The van der Waals surface area contributed by atoms with E-state index in [2.05, 4.69) is 66.2 Å². The van der Waals surface area contributed by atoms with Gasteiger partial charge in [0.05, 0.1) is 13.4 Å². The van der Waals surface area contributed by atoms with E-state index in [1.807, 2.05) is 24.4 Å². The summed E-state index contributed by atoms with van der Waals surface area (Å²) in [5.74, 6) is 2.83. The van der Waals surface area contributed by atoms with E-state index >= 15 is 0 Å². The number of aromatic amines is 2. The third-order valence-corrected chi connectivity index (χ3v) is 5.83.